The molecule has 9 heavy (non-hydrogen) atoms. The predicted molar refractivity (Wildman–Crippen MR) is 32.0 cm³/mol. The molecule has 0 atom stereocenters. The Bertz CT molecular complexity index is 252. The molecule has 2 heteroatoms. The van der Waals surface area contributed by atoms with Gasteiger partial charge in [-0.05, 0) is 18.1 Å². The van der Waals surface area contributed by atoms with Gasteiger partial charge in [-0.1, -0.05) is 0 Å². The third-order valence-corrected chi connectivity index (χ3v) is 0.885. The number of carbonyl (C=O) groups is 1. The first kappa shape index (κ1) is 5.64. The Labute approximate surface area is 52.5 Å². The SMILES string of the molecule is C#Cc1ccc(C=O)o1. The molecule has 0 saturated carbocycles. The topological polar surface area (TPSA) is 30.2 Å². The smallest absolute Gasteiger partial charge is 0.185 e. The maximum atomic E-state index is 9.97. The van der Waals surface area contributed by atoms with E-state index in [1.54, 1.807) is 6.07 Å². The van der Waals surface area contributed by atoms with Crippen molar-refractivity contribution in [2.24, 2.45) is 0 Å². The standard InChI is InChI=1S/C7H4O2/c1-2-6-3-4-7(5-8)9-6/h1,3-5H. The van der Waals surface area contributed by atoms with Crippen LogP contribution in [-0.4, -0.2) is 6.29 Å². The fraction of sp³-hybridized carbons (Fsp3) is 0. The Morgan fingerprint density at radius 2 is 2.44 bits per heavy atom. The Morgan fingerprint density at radius 3 is 2.78 bits per heavy atom. The summed E-state index contributed by atoms with van der Waals surface area (Å²) in [4.78, 5) is 9.97. The number of furan rings is 1. The van der Waals surface area contributed by atoms with E-state index in [1.165, 1.54) is 6.07 Å². The van der Waals surface area contributed by atoms with Crippen LogP contribution < -0.4 is 0 Å². The van der Waals surface area contributed by atoms with E-state index in [9.17, 15) is 4.79 Å². The number of hydrogen-bond acceptors (Lipinski definition) is 2. The van der Waals surface area contributed by atoms with Crippen LogP contribution in [0.15, 0.2) is 16.5 Å². The largest absolute Gasteiger partial charge is 0.445 e. The third-order valence-electron chi connectivity index (χ3n) is 0.885. The summed E-state index contributed by atoms with van der Waals surface area (Å²) in [6, 6.07) is 3.10. The Morgan fingerprint density at radius 1 is 1.67 bits per heavy atom. The molecule has 0 radical (unpaired) electrons. The molecule has 1 aromatic heterocycles. The van der Waals surface area contributed by atoms with Crippen molar-refractivity contribution in [2.45, 2.75) is 0 Å². The molecule has 2 nitrogen and oxygen atoms in total. The number of terminal acetylenes is 1. The zero-order valence-corrected chi connectivity index (χ0v) is 4.63. The summed E-state index contributed by atoms with van der Waals surface area (Å²) in [6.45, 7) is 0. The van der Waals surface area contributed by atoms with Crippen LogP contribution >= 0.6 is 0 Å². The average molecular weight is 120 g/mol. The van der Waals surface area contributed by atoms with Gasteiger partial charge in [0.15, 0.2) is 17.8 Å². The van der Waals surface area contributed by atoms with Gasteiger partial charge in [0.05, 0.1) is 0 Å². The van der Waals surface area contributed by atoms with Gasteiger partial charge in [0, 0.05) is 0 Å². The van der Waals surface area contributed by atoms with Crippen molar-refractivity contribution in [1.29, 1.82) is 0 Å². The monoisotopic (exact) mass is 120 g/mol. The molecule has 44 valence electrons. The second-order valence-corrected chi connectivity index (χ2v) is 1.46. The van der Waals surface area contributed by atoms with Gasteiger partial charge in [-0.25, -0.2) is 0 Å². The van der Waals surface area contributed by atoms with Crippen molar-refractivity contribution < 1.29 is 9.21 Å². The van der Waals surface area contributed by atoms with Gasteiger partial charge in [-0.2, -0.15) is 0 Å². The van der Waals surface area contributed by atoms with Crippen molar-refractivity contribution in [2.75, 3.05) is 0 Å². The lowest BCUT2D eigenvalue weighted by atomic mass is 10.4. The molecule has 1 heterocycles. The van der Waals surface area contributed by atoms with Gasteiger partial charge >= 0.3 is 0 Å². The third kappa shape index (κ3) is 1.000. The molecule has 1 rings (SSSR count). The number of rotatable bonds is 1. The summed E-state index contributed by atoms with van der Waals surface area (Å²) in [6.07, 6.45) is 5.57. The minimum absolute atomic E-state index is 0.267. The van der Waals surface area contributed by atoms with Crippen molar-refractivity contribution in [3.8, 4) is 12.3 Å². The lowest BCUT2D eigenvalue weighted by molar-refractivity contribution is 0.110. The van der Waals surface area contributed by atoms with Crippen molar-refractivity contribution in [3.05, 3.63) is 23.7 Å². The first-order valence-electron chi connectivity index (χ1n) is 2.38. The minimum Gasteiger partial charge on any atom is -0.445 e. The van der Waals surface area contributed by atoms with Crippen LogP contribution in [0.1, 0.15) is 16.3 Å². The molecule has 0 aromatic carbocycles. The summed E-state index contributed by atoms with van der Waals surface area (Å²) in [5.41, 5.74) is 0. The molecule has 0 aliphatic heterocycles. The molecule has 0 aliphatic carbocycles. The van der Waals surface area contributed by atoms with Crippen LogP contribution in [0.5, 0.6) is 0 Å². The summed E-state index contributed by atoms with van der Waals surface area (Å²) < 4.78 is 4.78. The summed E-state index contributed by atoms with van der Waals surface area (Å²) in [7, 11) is 0. The van der Waals surface area contributed by atoms with Crippen LogP contribution in [0.25, 0.3) is 0 Å². The van der Waals surface area contributed by atoms with Gasteiger partial charge in [-0.3, -0.25) is 4.79 Å². The zero-order chi connectivity index (χ0) is 6.69. The molecule has 0 bridgehead atoms. The van der Waals surface area contributed by atoms with Gasteiger partial charge in [0.25, 0.3) is 0 Å². The van der Waals surface area contributed by atoms with Crippen molar-refractivity contribution >= 4 is 6.29 Å². The van der Waals surface area contributed by atoms with Crippen molar-refractivity contribution in [3.63, 3.8) is 0 Å². The average Bonchev–Trinajstić information content (AvgIpc) is 2.34. The fourth-order valence-corrected chi connectivity index (χ4v) is 0.494. The van der Waals surface area contributed by atoms with Gasteiger partial charge in [-0.15, -0.1) is 6.42 Å². The minimum atomic E-state index is 0.267. The molecule has 0 saturated heterocycles. The number of aldehydes is 1. The van der Waals surface area contributed by atoms with E-state index < -0.39 is 0 Å². The fourth-order valence-electron chi connectivity index (χ4n) is 0.494. The molecular weight excluding hydrogens is 116 g/mol. The number of carbonyl (C=O) groups excluding carboxylic acids is 1. The van der Waals surface area contributed by atoms with E-state index in [1.807, 2.05) is 0 Å². The van der Waals surface area contributed by atoms with Crippen LogP contribution in [0, 0.1) is 12.3 Å². The molecule has 0 aliphatic rings. The van der Waals surface area contributed by atoms with Gasteiger partial charge < -0.3 is 4.42 Å². The van der Waals surface area contributed by atoms with E-state index in [4.69, 9.17) is 10.8 Å². The molecule has 0 fully saturated rings. The van der Waals surface area contributed by atoms with E-state index in [0.717, 1.165) is 0 Å². The first-order chi connectivity index (χ1) is 4.36. The summed E-state index contributed by atoms with van der Waals surface area (Å²) >= 11 is 0. The van der Waals surface area contributed by atoms with Crippen LogP contribution in [0.4, 0.5) is 0 Å². The van der Waals surface area contributed by atoms with Crippen LogP contribution in [0.2, 0.25) is 0 Å². The molecule has 0 spiro atoms. The van der Waals surface area contributed by atoms with Crippen molar-refractivity contribution in [1.82, 2.24) is 0 Å². The lowest BCUT2D eigenvalue weighted by Crippen LogP contribution is -1.67. The first-order valence-corrected chi connectivity index (χ1v) is 2.38. The number of hydrogen-bond donors (Lipinski definition) is 0. The highest BCUT2D eigenvalue weighted by atomic mass is 16.3. The van der Waals surface area contributed by atoms with E-state index in [0.29, 0.717) is 12.0 Å². The predicted octanol–water partition coefficient (Wildman–Crippen LogP) is 1.07. The molecule has 0 N–H and O–H groups in total. The van der Waals surface area contributed by atoms with Crippen LogP contribution in [-0.2, 0) is 0 Å². The lowest BCUT2D eigenvalue weighted by Gasteiger charge is -1.75. The maximum Gasteiger partial charge on any atom is 0.185 e. The molecule has 0 amide bonds. The highest BCUT2D eigenvalue weighted by Crippen LogP contribution is 2.02. The summed E-state index contributed by atoms with van der Waals surface area (Å²) in [5.74, 6) is 2.91. The van der Waals surface area contributed by atoms with Crippen LogP contribution in [0.3, 0.4) is 0 Å². The second-order valence-electron chi connectivity index (χ2n) is 1.46. The quantitative estimate of drug-likeness (QED) is 0.410. The Kier molecular flexibility index (Phi) is 1.37. The molecule has 0 unspecified atom stereocenters. The van der Waals surface area contributed by atoms with E-state index in [-0.39, 0.29) is 5.76 Å². The Balaban J connectivity index is 3.03. The molecular formula is C7H4O2. The summed E-state index contributed by atoms with van der Waals surface area (Å²) in [5, 5.41) is 0. The van der Waals surface area contributed by atoms with E-state index in [2.05, 4.69) is 5.92 Å². The highest BCUT2D eigenvalue weighted by Gasteiger charge is 1.94. The molecule has 1 aromatic rings. The second kappa shape index (κ2) is 2.19. The normalized spacial score (nSPS) is 8.33. The van der Waals surface area contributed by atoms with Gasteiger partial charge in [0.2, 0.25) is 0 Å². The highest BCUT2D eigenvalue weighted by molar-refractivity contribution is 5.70. The maximum absolute atomic E-state index is 9.97. The zero-order valence-electron chi connectivity index (χ0n) is 4.63. The van der Waals surface area contributed by atoms with Gasteiger partial charge in [0.1, 0.15) is 0 Å². The van der Waals surface area contributed by atoms with E-state index >= 15 is 0 Å². The Hall–Kier alpha value is -1.49.